The molecule has 0 radical (unpaired) electrons. The van der Waals surface area contributed by atoms with Crippen LogP contribution in [0.5, 0.6) is 5.75 Å². The summed E-state index contributed by atoms with van der Waals surface area (Å²) in [5.41, 5.74) is -2.20. The molecule has 168 valence electrons. The number of hydrogen-bond acceptors (Lipinski definition) is 4. The zero-order valence-corrected chi connectivity index (χ0v) is 16.0. The summed E-state index contributed by atoms with van der Waals surface area (Å²) in [6.45, 7) is 1.21. The summed E-state index contributed by atoms with van der Waals surface area (Å²) in [5.74, 6) is -1.58. The molecule has 0 heterocycles. The van der Waals surface area contributed by atoms with Gasteiger partial charge in [0.1, 0.15) is 5.75 Å². The van der Waals surface area contributed by atoms with E-state index in [9.17, 15) is 35.9 Å². The van der Waals surface area contributed by atoms with Crippen molar-refractivity contribution in [1.82, 2.24) is 5.48 Å². The number of carbonyl (C=O) groups is 2. The lowest BCUT2D eigenvalue weighted by Gasteiger charge is -2.16. The molecule has 1 atom stereocenters. The van der Waals surface area contributed by atoms with E-state index in [1.165, 1.54) is 26.2 Å². The van der Waals surface area contributed by atoms with Crippen LogP contribution in [0.4, 0.5) is 32.0 Å². The van der Waals surface area contributed by atoms with E-state index in [1.54, 1.807) is 17.6 Å². The van der Waals surface area contributed by atoms with Crippen molar-refractivity contribution in [3.05, 3.63) is 59.2 Å². The monoisotopic (exact) mass is 450 g/mol. The predicted octanol–water partition coefficient (Wildman–Crippen LogP) is 4.42. The van der Waals surface area contributed by atoms with Crippen LogP contribution >= 0.6 is 0 Å². The summed E-state index contributed by atoms with van der Waals surface area (Å²) < 4.78 is 82.3. The van der Waals surface area contributed by atoms with Gasteiger partial charge < -0.3 is 10.1 Å². The van der Waals surface area contributed by atoms with Crippen LogP contribution in [0.3, 0.4) is 0 Å². The van der Waals surface area contributed by atoms with Gasteiger partial charge in [-0.2, -0.15) is 26.3 Å². The van der Waals surface area contributed by atoms with Gasteiger partial charge in [-0.1, -0.05) is 0 Å². The van der Waals surface area contributed by atoms with Gasteiger partial charge in [0.25, 0.3) is 11.8 Å². The van der Waals surface area contributed by atoms with E-state index in [4.69, 9.17) is 9.57 Å². The number of nitrogens with one attached hydrogen (secondary N) is 2. The Labute approximate surface area is 172 Å². The molecule has 6 nitrogen and oxygen atoms in total. The molecule has 0 saturated carbocycles. The first-order valence-electron chi connectivity index (χ1n) is 8.51. The van der Waals surface area contributed by atoms with Crippen LogP contribution in [-0.4, -0.2) is 25.0 Å². The maximum atomic E-state index is 12.9. The number of alkyl halides is 6. The van der Waals surface area contributed by atoms with Crippen molar-refractivity contribution in [2.24, 2.45) is 0 Å². The Kier molecular flexibility index (Phi) is 7.16. The number of methoxy groups -OCH3 is 1. The maximum absolute atomic E-state index is 12.9. The van der Waals surface area contributed by atoms with Crippen LogP contribution in [0, 0.1) is 0 Å². The van der Waals surface area contributed by atoms with Crippen molar-refractivity contribution in [2.45, 2.75) is 25.4 Å². The summed E-state index contributed by atoms with van der Waals surface area (Å²) in [5, 5.41) is 2.45. The molecule has 0 unspecified atom stereocenters. The van der Waals surface area contributed by atoms with E-state index < -0.39 is 47.0 Å². The van der Waals surface area contributed by atoms with Gasteiger partial charge in [-0.05, 0) is 49.4 Å². The van der Waals surface area contributed by atoms with E-state index in [1.807, 2.05) is 0 Å². The summed E-state index contributed by atoms with van der Waals surface area (Å²) in [6.07, 6.45) is -11.5. The topological polar surface area (TPSA) is 76.7 Å². The van der Waals surface area contributed by atoms with Crippen LogP contribution < -0.4 is 15.5 Å². The van der Waals surface area contributed by atoms with Gasteiger partial charge in [-0.15, -0.1) is 0 Å². The number of rotatable bonds is 6. The Morgan fingerprint density at radius 3 is 1.87 bits per heavy atom. The molecule has 0 aliphatic rings. The molecule has 12 heteroatoms. The van der Waals surface area contributed by atoms with E-state index in [0.29, 0.717) is 11.4 Å². The van der Waals surface area contributed by atoms with Crippen LogP contribution in [0.1, 0.15) is 28.4 Å². The highest BCUT2D eigenvalue weighted by atomic mass is 19.4. The number of anilines is 1. The molecule has 2 rings (SSSR count). The van der Waals surface area contributed by atoms with Crippen LogP contribution in [0.25, 0.3) is 0 Å². The van der Waals surface area contributed by atoms with Crippen molar-refractivity contribution in [2.75, 3.05) is 12.4 Å². The van der Waals surface area contributed by atoms with Gasteiger partial charge in [0.15, 0.2) is 6.10 Å². The highest BCUT2D eigenvalue weighted by Gasteiger charge is 2.37. The molecule has 0 fully saturated rings. The zero-order valence-electron chi connectivity index (χ0n) is 16.0. The third-order valence-electron chi connectivity index (χ3n) is 3.91. The first-order valence-corrected chi connectivity index (χ1v) is 8.51. The number of carbonyl (C=O) groups excluding carboxylic acids is 2. The lowest BCUT2D eigenvalue weighted by Crippen LogP contribution is -2.35. The molecule has 0 aliphatic carbocycles. The maximum Gasteiger partial charge on any atom is 0.416 e. The quantitative estimate of drug-likeness (QED) is 0.505. The number of benzene rings is 2. The van der Waals surface area contributed by atoms with E-state index >= 15 is 0 Å². The van der Waals surface area contributed by atoms with E-state index in [-0.39, 0.29) is 18.2 Å². The Bertz CT molecular complexity index is 910. The van der Waals surface area contributed by atoms with Crippen molar-refractivity contribution in [1.29, 1.82) is 0 Å². The van der Waals surface area contributed by atoms with Crippen LogP contribution in [-0.2, 0) is 22.0 Å². The highest BCUT2D eigenvalue weighted by molar-refractivity contribution is 5.95. The molecule has 0 spiro atoms. The average molecular weight is 450 g/mol. The summed E-state index contributed by atoms with van der Waals surface area (Å²) in [4.78, 5) is 28.9. The third kappa shape index (κ3) is 6.60. The second-order valence-electron chi connectivity index (χ2n) is 6.20. The summed E-state index contributed by atoms with van der Waals surface area (Å²) in [7, 11) is 1.45. The largest absolute Gasteiger partial charge is 0.497 e. The minimum absolute atomic E-state index is 0.109. The van der Waals surface area contributed by atoms with Gasteiger partial charge in [-0.3, -0.25) is 14.4 Å². The van der Waals surface area contributed by atoms with Crippen molar-refractivity contribution in [3.8, 4) is 5.75 Å². The fraction of sp³-hybridized carbons (Fsp3) is 0.263. The van der Waals surface area contributed by atoms with Crippen molar-refractivity contribution >= 4 is 17.5 Å². The van der Waals surface area contributed by atoms with Crippen LogP contribution in [0.2, 0.25) is 0 Å². The number of hydroxylamine groups is 1. The van der Waals surface area contributed by atoms with E-state index in [2.05, 4.69) is 5.32 Å². The molecule has 2 N–H and O–H groups in total. The molecule has 0 aromatic heterocycles. The normalized spacial score (nSPS) is 12.8. The molecule has 0 bridgehead atoms. The van der Waals surface area contributed by atoms with Crippen molar-refractivity contribution < 1.29 is 45.5 Å². The molecule has 2 aromatic rings. The molecule has 0 aliphatic heterocycles. The molecular weight excluding hydrogens is 434 g/mol. The first-order chi connectivity index (χ1) is 14.3. The average Bonchev–Trinajstić information content (AvgIpc) is 2.70. The van der Waals surface area contributed by atoms with Gasteiger partial charge in [0.2, 0.25) is 0 Å². The fourth-order valence-corrected chi connectivity index (χ4v) is 2.26. The number of hydrogen-bond donors (Lipinski definition) is 2. The highest BCUT2D eigenvalue weighted by Crippen LogP contribution is 2.36. The fourth-order valence-electron chi connectivity index (χ4n) is 2.26. The van der Waals surface area contributed by atoms with Gasteiger partial charge in [0, 0.05) is 11.3 Å². The molecule has 31 heavy (non-hydrogen) atoms. The Hall–Kier alpha value is -3.28. The second kappa shape index (κ2) is 9.25. The zero-order chi connectivity index (χ0) is 23.4. The smallest absolute Gasteiger partial charge is 0.416 e. The van der Waals surface area contributed by atoms with Gasteiger partial charge >= 0.3 is 12.4 Å². The first kappa shape index (κ1) is 24.0. The van der Waals surface area contributed by atoms with Crippen molar-refractivity contribution in [3.63, 3.8) is 0 Å². The molecule has 2 amide bonds. The van der Waals surface area contributed by atoms with Crippen LogP contribution in [0.15, 0.2) is 42.5 Å². The Balaban J connectivity index is 2.07. The predicted molar refractivity (Wildman–Crippen MR) is 96.1 cm³/mol. The molecular formula is C19H16F6N2O4. The molecule has 0 saturated heterocycles. The number of amides is 2. The Morgan fingerprint density at radius 2 is 1.42 bits per heavy atom. The SMILES string of the molecule is COc1ccc(NC(=O)[C@H](C)ONC(=O)c2cc(C(F)(F)F)cc(C(F)(F)F)c2)cc1. The van der Waals surface area contributed by atoms with E-state index in [0.717, 1.165) is 0 Å². The van der Waals surface area contributed by atoms with Gasteiger partial charge in [0.05, 0.1) is 18.2 Å². The Morgan fingerprint density at radius 1 is 0.903 bits per heavy atom. The number of ether oxygens (including phenoxy) is 1. The lowest BCUT2D eigenvalue weighted by molar-refractivity contribution is -0.143. The minimum Gasteiger partial charge on any atom is -0.497 e. The summed E-state index contributed by atoms with van der Waals surface area (Å²) in [6, 6.07) is 6.55. The second-order valence-corrected chi connectivity index (χ2v) is 6.20. The lowest BCUT2D eigenvalue weighted by atomic mass is 10.0. The number of halogens is 6. The van der Waals surface area contributed by atoms with Gasteiger partial charge in [-0.25, -0.2) is 5.48 Å². The standard InChI is InChI=1S/C19H16F6N2O4/c1-10(16(28)26-14-3-5-15(30-2)6-4-14)31-27-17(29)11-7-12(18(20,21)22)9-13(8-11)19(23,24)25/h3-10H,1-2H3,(H,26,28)(H,27,29)/t10-/m0/s1. The summed E-state index contributed by atoms with van der Waals surface area (Å²) >= 11 is 0. The third-order valence-corrected chi connectivity index (χ3v) is 3.91. The minimum atomic E-state index is -5.11. The molecule has 2 aromatic carbocycles.